The number of hydrogen-bond acceptors (Lipinski definition) is 5. The van der Waals surface area contributed by atoms with Gasteiger partial charge >= 0.3 is 0 Å². The zero-order valence-electron chi connectivity index (χ0n) is 14.2. The summed E-state index contributed by atoms with van der Waals surface area (Å²) in [7, 11) is 0. The van der Waals surface area contributed by atoms with Crippen molar-refractivity contribution in [1.82, 2.24) is 15.8 Å². The van der Waals surface area contributed by atoms with Crippen LogP contribution in [0.25, 0.3) is 0 Å². The minimum absolute atomic E-state index is 0.209. The lowest BCUT2D eigenvalue weighted by atomic mass is 10.2. The molecule has 25 heavy (non-hydrogen) atoms. The molecular weight excluding hydrogens is 322 g/mol. The van der Waals surface area contributed by atoms with Crippen molar-refractivity contribution in [2.45, 2.75) is 20.3 Å². The van der Waals surface area contributed by atoms with Crippen LogP contribution in [0.1, 0.15) is 41.1 Å². The Morgan fingerprint density at radius 3 is 2.48 bits per heavy atom. The van der Waals surface area contributed by atoms with Gasteiger partial charge in [0.2, 0.25) is 0 Å². The standard InChI is InChI=1S/C18H21N3O4/c1-3-11-25-15-9-8-13(12-16(15)24-4-2)17(22)20-21-18(23)14-7-5-6-10-19-14/h5-10,12H,3-4,11H2,1-2H3,(H,20,22)(H,21,23). The fourth-order valence-electron chi connectivity index (χ4n) is 2.00. The molecule has 2 rings (SSSR count). The second kappa shape index (κ2) is 9.27. The van der Waals surface area contributed by atoms with Gasteiger partial charge in [0.25, 0.3) is 11.8 Å². The van der Waals surface area contributed by atoms with Crippen LogP contribution in [0.2, 0.25) is 0 Å². The Bertz CT molecular complexity index is 720. The Hall–Kier alpha value is -3.09. The highest BCUT2D eigenvalue weighted by molar-refractivity contribution is 5.98. The maximum Gasteiger partial charge on any atom is 0.288 e. The van der Waals surface area contributed by atoms with Crippen molar-refractivity contribution in [3.05, 3.63) is 53.9 Å². The van der Waals surface area contributed by atoms with Crippen molar-refractivity contribution in [3.63, 3.8) is 0 Å². The summed E-state index contributed by atoms with van der Waals surface area (Å²) >= 11 is 0. The second-order valence-electron chi connectivity index (χ2n) is 5.07. The molecule has 2 N–H and O–H groups in total. The first kappa shape index (κ1) is 18.3. The number of nitrogens with zero attached hydrogens (tertiary/aromatic N) is 1. The number of rotatable bonds is 7. The minimum Gasteiger partial charge on any atom is -0.490 e. The van der Waals surface area contributed by atoms with E-state index in [1.165, 1.54) is 6.20 Å². The topological polar surface area (TPSA) is 89.6 Å². The fraction of sp³-hybridized carbons (Fsp3) is 0.278. The van der Waals surface area contributed by atoms with E-state index < -0.39 is 11.8 Å². The number of hydrazine groups is 1. The van der Waals surface area contributed by atoms with Crippen LogP contribution < -0.4 is 20.3 Å². The number of hydrogen-bond donors (Lipinski definition) is 2. The molecule has 0 radical (unpaired) electrons. The predicted molar refractivity (Wildman–Crippen MR) is 92.6 cm³/mol. The van der Waals surface area contributed by atoms with Gasteiger partial charge in [-0.1, -0.05) is 13.0 Å². The average molecular weight is 343 g/mol. The van der Waals surface area contributed by atoms with E-state index in [1.807, 2.05) is 13.8 Å². The molecule has 0 atom stereocenters. The van der Waals surface area contributed by atoms with Gasteiger partial charge in [0.1, 0.15) is 5.69 Å². The van der Waals surface area contributed by atoms with Crippen LogP contribution in [0.4, 0.5) is 0 Å². The molecule has 2 amide bonds. The molecule has 1 aromatic carbocycles. The highest BCUT2D eigenvalue weighted by Crippen LogP contribution is 2.28. The van der Waals surface area contributed by atoms with Gasteiger partial charge in [-0.05, 0) is 43.7 Å². The van der Waals surface area contributed by atoms with Crippen LogP contribution in [0.3, 0.4) is 0 Å². The average Bonchev–Trinajstić information content (AvgIpc) is 2.65. The first-order valence-electron chi connectivity index (χ1n) is 8.07. The molecule has 132 valence electrons. The van der Waals surface area contributed by atoms with Crippen LogP contribution >= 0.6 is 0 Å². The zero-order valence-corrected chi connectivity index (χ0v) is 14.2. The van der Waals surface area contributed by atoms with E-state index in [2.05, 4.69) is 15.8 Å². The molecular formula is C18H21N3O4. The number of carbonyl (C=O) groups is 2. The van der Waals surface area contributed by atoms with Gasteiger partial charge in [-0.15, -0.1) is 0 Å². The number of benzene rings is 1. The molecule has 7 nitrogen and oxygen atoms in total. The monoisotopic (exact) mass is 343 g/mol. The molecule has 0 saturated carbocycles. The molecule has 1 aromatic heterocycles. The summed E-state index contributed by atoms with van der Waals surface area (Å²) in [5.41, 5.74) is 5.23. The Kier molecular flexibility index (Phi) is 6.76. The first-order valence-corrected chi connectivity index (χ1v) is 8.07. The third kappa shape index (κ3) is 5.20. The number of nitrogens with one attached hydrogen (secondary N) is 2. The second-order valence-corrected chi connectivity index (χ2v) is 5.07. The molecule has 0 saturated heterocycles. The lowest BCUT2D eigenvalue weighted by molar-refractivity contribution is 0.0843. The maximum absolute atomic E-state index is 12.2. The van der Waals surface area contributed by atoms with Crippen LogP contribution in [0, 0.1) is 0 Å². The summed E-state index contributed by atoms with van der Waals surface area (Å²) in [5, 5.41) is 0. The number of amides is 2. The van der Waals surface area contributed by atoms with Crippen LogP contribution in [0.5, 0.6) is 11.5 Å². The minimum atomic E-state index is -0.498. The van der Waals surface area contributed by atoms with E-state index in [0.717, 1.165) is 6.42 Å². The first-order chi connectivity index (χ1) is 12.2. The Morgan fingerprint density at radius 1 is 1.00 bits per heavy atom. The third-order valence-corrected chi connectivity index (χ3v) is 3.15. The fourth-order valence-corrected chi connectivity index (χ4v) is 2.00. The largest absolute Gasteiger partial charge is 0.490 e. The SMILES string of the molecule is CCCOc1ccc(C(=O)NNC(=O)c2ccccn2)cc1OCC. The molecule has 0 bridgehead atoms. The summed E-state index contributed by atoms with van der Waals surface area (Å²) in [6.07, 6.45) is 2.37. The van der Waals surface area contributed by atoms with Gasteiger partial charge in [-0.3, -0.25) is 25.4 Å². The lowest BCUT2D eigenvalue weighted by Gasteiger charge is -2.13. The third-order valence-electron chi connectivity index (χ3n) is 3.15. The highest BCUT2D eigenvalue weighted by atomic mass is 16.5. The van der Waals surface area contributed by atoms with Gasteiger partial charge in [0.15, 0.2) is 11.5 Å². The van der Waals surface area contributed by atoms with Crippen molar-refractivity contribution in [2.24, 2.45) is 0 Å². The Balaban J connectivity index is 2.03. The molecule has 0 aliphatic carbocycles. The molecule has 0 aliphatic heterocycles. The summed E-state index contributed by atoms with van der Waals surface area (Å²) in [6.45, 7) is 4.87. The van der Waals surface area contributed by atoms with Gasteiger partial charge in [0, 0.05) is 11.8 Å². The number of aromatic nitrogens is 1. The van der Waals surface area contributed by atoms with Crippen molar-refractivity contribution in [3.8, 4) is 11.5 Å². The van der Waals surface area contributed by atoms with Gasteiger partial charge in [-0.25, -0.2) is 0 Å². The molecule has 0 spiro atoms. The molecule has 0 unspecified atom stereocenters. The smallest absolute Gasteiger partial charge is 0.288 e. The predicted octanol–water partition coefficient (Wildman–Crippen LogP) is 2.34. The van der Waals surface area contributed by atoms with E-state index in [1.54, 1.807) is 36.4 Å². The Labute approximate surface area is 146 Å². The highest BCUT2D eigenvalue weighted by Gasteiger charge is 2.13. The Morgan fingerprint density at radius 2 is 1.80 bits per heavy atom. The van der Waals surface area contributed by atoms with Gasteiger partial charge < -0.3 is 9.47 Å². The summed E-state index contributed by atoms with van der Waals surface area (Å²) in [5.74, 6) is 0.103. The lowest BCUT2D eigenvalue weighted by Crippen LogP contribution is -2.41. The van der Waals surface area contributed by atoms with E-state index in [0.29, 0.717) is 30.3 Å². The van der Waals surface area contributed by atoms with Crippen molar-refractivity contribution in [1.29, 1.82) is 0 Å². The van der Waals surface area contributed by atoms with E-state index in [4.69, 9.17) is 9.47 Å². The molecule has 1 heterocycles. The maximum atomic E-state index is 12.2. The normalized spacial score (nSPS) is 10.0. The van der Waals surface area contributed by atoms with Crippen molar-refractivity contribution in [2.75, 3.05) is 13.2 Å². The number of carbonyl (C=O) groups excluding carboxylic acids is 2. The quantitative estimate of drug-likeness (QED) is 0.753. The van der Waals surface area contributed by atoms with E-state index >= 15 is 0 Å². The van der Waals surface area contributed by atoms with E-state index in [9.17, 15) is 9.59 Å². The molecule has 2 aromatic rings. The van der Waals surface area contributed by atoms with Gasteiger partial charge in [-0.2, -0.15) is 0 Å². The van der Waals surface area contributed by atoms with Crippen molar-refractivity contribution < 1.29 is 19.1 Å². The number of ether oxygens (including phenoxy) is 2. The van der Waals surface area contributed by atoms with Crippen LogP contribution in [-0.4, -0.2) is 30.0 Å². The van der Waals surface area contributed by atoms with Gasteiger partial charge in [0.05, 0.1) is 13.2 Å². The summed E-state index contributed by atoms with van der Waals surface area (Å²) in [4.78, 5) is 28.0. The molecule has 0 aliphatic rings. The molecule has 0 fully saturated rings. The van der Waals surface area contributed by atoms with Crippen molar-refractivity contribution >= 4 is 11.8 Å². The zero-order chi connectivity index (χ0) is 18.1. The molecule has 7 heteroatoms. The summed E-state index contributed by atoms with van der Waals surface area (Å²) in [6, 6.07) is 9.80. The van der Waals surface area contributed by atoms with Crippen LogP contribution in [-0.2, 0) is 0 Å². The van der Waals surface area contributed by atoms with E-state index in [-0.39, 0.29) is 5.69 Å². The summed E-state index contributed by atoms with van der Waals surface area (Å²) < 4.78 is 11.1. The number of pyridine rings is 1. The van der Waals surface area contributed by atoms with Crippen LogP contribution in [0.15, 0.2) is 42.6 Å².